The Bertz CT molecular complexity index is 4880. The minimum absolute atomic E-state index is 1.21. The molecular formula is C70H60B16. The highest BCUT2D eigenvalue weighted by atomic mass is 14.3. The summed E-state index contributed by atoms with van der Waals surface area (Å²) in [7, 11) is 37.7. The first kappa shape index (κ1) is 55.8. The van der Waals surface area contributed by atoms with E-state index in [1.807, 2.05) is 0 Å². The zero-order valence-corrected chi connectivity index (χ0v) is 53.2. The van der Waals surface area contributed by atoms with Crippen molar-refractivity contribution < 1.29 is 0 Å². The van der Waals surface area contributed by atoms with Crippen LogP contribution in [0.15, 0.2) is 170 Å². The van der Waals surface area contributed by atoms with E-state index in [2.05, 4.69) is 295 Å². The Kier molecular flexibility index (Phi) is 13.5. The molecule has 0 saturated heterocycles. The van der Waals surface area contributed by atoms with Crippen LogP contribution in [-0.2, 0) is 0 Å². The molecule has 0 aliphatic heterocycles. The molecule has 14 aromatic carbocycles. The minimum Gasteiger partial charge on any atom is -0.101 e. The fourth-order valence-corrected chi connectivity index (χ4v) is 15.8. The number of benzene rings is 14. The van der Waals surface area contributed by atoms with E-state index >= 15 is 0 Å². The largest absolute Gasteiger partial charge is 0.139 e. The van der Waals surface area contributed by atoms with Crippen LogP contribution in [-0.4, -0.2) is 126 Å². The van der Waals surface area contributed by atoms with Crippen molar-refractivity contribution in [3.8, 4) is 66.8 Å². The van der Waals surface area contributed by atoms with E-state index in [0.717, 1.165) is 0 Å². The Morgan fingerprint density at radius 1 is 0.163 bits per heavy atom. The summed E-state index contributed by atoms with van der Waals surface area (Å²) in [6.45, 7) is 0. The van der Waals surface area contributed by atoms with Crippen molar-refractivity contribution in [3.05, 3.63) is 170 Å². The van der Waals surface area contributed by atoms with E-state index in [9.17, 15) is 0 Å². The van der Waals surface area contributed by atoms with Crippen LogP contribution in [0.25, 0.3) is 142 Å². The Morgan fingerprint density at radius 2 is 0.384 bits per heavy atom. The lowest BCUT2D eigenvalue weighted by molar-refractivity contribution is 1.62. The monoisotopic (exact) mass is 1080 g/mol. The normalized spacial score (nSPS) is 11.8. The van der Waals surface area contributed by atoms with Crippen molar-refractivity contribution in [1.82, 2.24) is 0 Å². The molecule has 0 spiro atoms. The van der Waals surface area contributed by atoms with Crippen LogP contribution in [0.4, 0.5) is 0 Å². The Morgan fingerprint density at radius 3 is 0.698 bits per heavy atom. The van der Waals surface area contributed by atoms with Gasteiger partial charge in [0.2, 0.25) is 0 Å². The van der Waals surface area contributed by atoms with Crippen LogP contribution in [0.5, 0.6) is 0 Å². The van der Waals surface area contributed by atoms with Crippen molar-refractivity contribution >= 4 is 288 Å². The maximum absolute atomic E-state index is 2.50. The Labute approximate surface area is 521 Å². The first-order valence-electron chi connectivity index (χ1n) is 31.0. The highest BCUT2D eigenvalue weighted by Gasteiger charge is 2.29. The summed E-state index contributed by atoms with van der Waals surface area (Å²) in [5, 5.41) is 18.5. The molecule has 0 bridgehead atoms. The van der Waals surface area contributed by atoms with Gasteiger partial charge in [-0.05, 0) is 154 Å². The average molecular weight is 1070 g/mol. The van der Waals surface area contributed by atoms with Crippen LogP contribution < -0.4 is 87.4 Å². The molecule has 0 N–H and O–H groups in total. The maximum Gasteiger partial charge on any atom is 0.139 e. The van der Waals surface area contributed by atoms with Gasteiger partial charge >= 0.3 is 0 Å². The summed E-state index contributed by atoms with van der Waals surface area (Å²) < 4.78 is 0. The van der Waals surface area contributed by atoms with Gasteiger partial charge in [-0.2, -0.15) is 0 Å². The van der Waals surface area contributed by atoms with E-state index in [1.165, 1.54) is 230 Å². The molecule has 0 amide bonds. The summed E-state index contributed by atoms with van der Waals surface area (Å²) >= 11 is 0. The smallest absolute Gasteiger partial charge is 0.101 e. The first-order chi connectivity index (χ1) is 41.4. The van der Waals surface area contributed by atoms with Crippen LogP contribution in [0, 0.1) is 0 Å². The van der Waals surface area contributed by atoms with Crippen molar-refractivity contribution in [2.45, 2.75) is 0 Å². The molecule has 86 heavy (non-hydrogen) atoms. The summed E-state index contributed by atoms with van der Waals surface area (Å²) in [6.07, 6.45) is 0. The van der Waals surface area contributed by atoms with Crippen molar-refractivity contribution in [2.24, 2.45) is 0 Å². The van der Waals surface area contributed by atoms with Gasteiger partial charge in [-0.1, -0.05) is 201 Å². The van der Waals surface area contributed by atoms with Gasteiger partial charge in [0.15, 0.2) is 0 Å². The fraction of sp³-hybridized carbons (Fsp3) is 0. The predicted octanol–water partition coefficient (Wildman–Crippen LogP) is -8.10. The first-order valence-corrected chi connectivity index (χ1v) is 31.0. The molecule has 0 radical (unpaired) electrons. The van der Waals surface area contributed by atoms with Crippen LogP contribution in [0.1, 0.15) is 0 Å². The van der Waals surface area contributed by atoms with Crippen molar-refractivity contribution in [3.63, 3.8) is 0 Å². The van der Waals surface area contributed by atoms with E-state index in [1.54, 1.807) is 0 Å². The SMILES string of the molecule is Bc1c(B)c(B)c2c(-c3cccc4ccccc34)c3c(B)c(B)c(B)c(B)c3c(-c3cccc(-c4cccc5c(-c6cccc(-c7c8c(B)c(B)c(B)c(B)c8c(-c8cccc9ccccc89)c8c(B)c(B)c(B)c(B)c78)c6)cccc45)c3)c2c1B. The molecule has 0 unspecified atom stereocenters. The van der Waals surface area contributed by atoms with Crippen LogP contribution >= 0.6 is 0 Å². The van der Waals surface area contributed by atoms with Gasteiger partial charge in [0, 0.05) is 0 Å². The summed E-state index contributed by atoms with van der Waals surface area (Å²) in [5.41, 5.74) is 37.2. The van der Waals surface area contributed by atoms with Gasteiger partial charge in [-0.25, -0.2) is 0 Å². The quantitative estimate of drug-likeness (QED) is 0.115. The Hall–Kier alpha value is -8.06. The van der Waals surface area contributed by atoms with Crippen molar-refractivity contribution in [2.75, 3.05) is 0 Å². The molecule has 14 rings (SSSR count). The highest BCUT2D eigenvalue weighted by molar-refractivity contribution is 6.73. The lowest BCUT2D eigenvalue weighted by Gasteiger charge is -2.28. The maximum atomic E-state index is 2.50. The number of rotatable bonds is 6. The molecular weight excluding hydrogens is 1010 g/mol. The molecule has 388 valence electrons. The Balaban J connectivity index is 1.00. The molecule has 16 heteroatoms. The lowest BCUT2D eigenvalue weighted by Crippen LogP contribution is -2.50. The molecule has 0 aliphatic carbocycles. The second-order valence-electron chi connectivity index (χ2n) is 25.4. The molecule has 0 heterocycles. The third-order valence-electron chi connectivity index (χ3n) is 21.7. The number of fused-ring (bicyclic) bond motifs is 7. The molecule has 0 atom stereocenters. The second-order valence-corrected chi connectivity index (χ2v) is 25.4. The van der Waals surface area contributed by atoms with Gasteiger partial charge in [0.25, 0.3) is 0 Å². The molecule has 0 saturated carbocycles. The van der Waals surface area contributed by atoms with Crippen molar-refractivity contribution in [1.29, 1.82) is 0 Å². The topological polar surface area (TPSA) is 0 Å². The van der Waals surface area contributed by atoms with Gasteiger partial charge in [0.05, 0.1) is 0 Å². The molecule has 0 aliphatic rings. The number of hydrogen-bond donors (Lipinski definition) is 0. The third kappa shape index (κ3) is 8.07. The standard InChI is InChI=1S/C70H60B16/c71-55-47-43(48-52(60(76)68(84)64(80)56(48)72)45(51(47)59(75)67(83)63(55)79)41-25-7-13-29-11-1-3-19-35(29)41)33-17-5-15-31(27-33)37-21-9-24-40-38(22-10-23-39(37)40)32-16-6-18-34(28-32)44-49-53(61(77)69(85)65(81)57(49)73)46(42-26-8-14-30-12-2-4-20-36(30)42)54-50(44)58(74)66(82)70(86)62(54)78/h1-28H,71-86H2. The van der Waals surface area contributed by atoms with Crippen LogP contribution in [0.3, 0.4) is 0 Å². The fourth-order valence-electron chi connectivity index (χ4n) is 15.8. The second kappa shape index (κ2) is 20.8. The van der Waals surface area contributed by atoms with Crippen LogP contribution in [0.2, 0.25) is 0 Å². The summed E-state index contributed by atoms with van der Waals surface area (Å²) in [4.78, 5) is 0. The van der Waals surface area contributed by atoms with Gasteiger partial charge in [-0.3, -0.25) is 0 Å². The molecule has 0 aromatic heterocycles. The van der Waals surface area contributed by atoms with E-state index in [0.29, 0.717) is 0 Å². The van der Waals surface area contributed by atoms with E-state index in [-0.39, 0.29) is 0 Å². The number of hydrogen-bond acceptors (Lipinski definition) is 0. The van der Waals surface area contributed by atoms with Gasteiger partial charge < -0.3 is 0 Å². The molecule has 0 fully saturated rings. The molecule has 0 nitrogen and oxygen atoms in total. The van der Waals surface area contributed by atoms with E-state index < -0.39 is 0 Å². The average Bonchev–Trinajstić information content (AvgIpc) is 0.717. The van der Waals surface area contributed by atoms with Gasteiger partial charge in [-0.15, -0.1) is 43.7 Å². The zero-order chi connectivity index (χ0) is 60.0. The van der Waals surface area contributed by atoms with Gasteiger partial charge in [0.1, 0.15) is 126 Å². The summed E-state index contributed by atoms with van der Waals surface area (Å²) in [5.74, 6) is 0. The summed E-state index contributed by atoms with van der Waals surface area (Å²) in [6, 6.07) is 64.7. The molecule has 14 aromatic rings. The predicted molar refractivity (Wildman–Crippen MR) is 432 cm³/mol. The zero-order valence-electron chi connectivity index (χ0n) is 53.2. The minimum atomic E-state index is 1.21. The highest BCUT2D eigenvalue weighted by Crippen LogP contribution is 2.46. The van der Waals surface area contributed by atoms with E-state index in [4.69, 9.17) is 0 Å². The lowest BCUT2D eigenvalue weighted by atomic mass is 9.59. The third-order valence-corrected chi connectivity index (χ3v) is 21.7.